The zero-order valence-corrected chi connectivity index (χ0v) is 9.40. The average molecular weight is 262 g/mol. The SMILES string of the molecule is N#Cc1ccc(Nn2cccc2)cc1Br. The molecule has 15 heavy (non-hydrogen) atoms. The number of nitrogens with zero attached hydrogens (tertiary/aromatic N) is 2. The molecule has 1 aromatic carbocycles. The van der Waals surface area contributed by atoms with Gasteiger partial charge in [0, 0.05) is 16.9 Å². The molecule has 0 amide bonds. The second-order valence-electron chi connectivity index (χ2n) is 3.01. The summed E-state index contributed by atoms with van der Waals surface area (Å²) in [6.45, 7) is 0. The first-order valence-electron chi connectivity index (χ1n) is 4.39. The second-order valence-corrected chi connectivity index (χ2v) is 3.86. The molecule has 0 bridgehead atoms. The number of nitriles is 1. The Labute approximate surface area is 96.1 Å². The third kappa shape index (κ3) is 2.20. The van der Waals surface area contributed by atoms with Crippen LogP contribution >= 0.6 is 15.9 Å². The van der Waals surface area contributed by atoms with Crippen LogP contribution in [0.1, 0.15) is 5.56 Å². The normalized spacial score (nSPS) is 9.60. The molecule has 0 aliphatic rings. The van der Waals surface area contributed by atoms with Gasteiger partial charge in [-0.15, -0.1) is 0 Å². The Morgan fingerprint density at radius 2 is 2.00 bits per heavy atom. The molecule has 1 heterocycles. The highest BCUT2D eigenvalue weighted by Gasteiger charge is 1.99. The van der Waals surface area contributed by atoms with E-state index in [-0.39, 0.29) is 0 Å². The maximum Gasteiger partial charge on any atom is 0.100 e. The number of rotatable bonds is 2. The molecule has 0 radical (unpaired) electrons. The summed E-state index contributed by atoms with van der Waals surface area (Å²) in [4.78, 5) is 0. The minimum atomic E-state index is 0.632. The van der Waals surface area contributed by atoms with Crippen LogP contribution in [-0.2, 0) is 0 Å². The number of benzene rings is 1. The van der Waals surface area contributed by atoms with Gasteiger partial charge < -0.3 is 0 Å². The van der Waals surface area contributed by atoms with E-state index in [0.717, 1.165) is 10.2 Å². The molecule has 0 aliphatic carbocycles. The standard InChI is InChI=1S/C11H8BrN3/c12-11-7-10(4-3-9(11)8-13)14-15-5-1-2-6-15/h1-7,14H. The number of anilines is 1. The third-order valence-electron chi connectivity index (χ3n) is 1.95. The minimum Gasteiger partial charge on any atom is -0.295 e. The van der Waals surface area contributed by atoms with Crippen LogP contribution in [0.3, 0.4) is 0 Å². The summed E-state index contributed by atoms with van der Waals surface area (Å²) in [7, 11) is 0. The zero-order chi connectivity index (χ0) is 10.7. The van der Waals surface area contributed by atoms with E-state index in [2.05, 4.69) is 27.4 Å². The number of hydrogen-bond acceptors (Lipinski definition) is 2. The largest absolute Gasteiger partial charge is 0.295 e. The number of hydrogen-bond donors (Lipinski definition) is 1. The van der Waals surface area contributed by atoms with Gasteiger partial charge in [0.25, 0.3) is 0 Å². The molecule has 2 rings (SSSR count). The first kappa shape index (κ1) is 9.81. The van der Waals surface area contributed by atoms with Gasteiger partial charge in [-0.1, -0.05) is 0 Å². The number of nitrogens with one attached hydrogen (secondary N) is 1. The van der Waals surface area contributed by atoms with Crippen molar-refractivity contribution >= 4 is 21.6 Å². The van der Waals surface area contributed by atoms with Crippen LogP contribution in [0.5, 0.6) is 0 Å². The lowest BCUT2D eigenvalue weighted by atomic mass is 10.2. The Hall–Kier alpha value is -1.73. The van der Waals surface area contributed by atoms with Gasteiger partial charge in [0.2, 0.25) is 0 Å². The lowest BCUT2D eigenvalue weighted by Gasteiger charge is -2.07. The molecule has 0 atom stereocenters. The maximum absolute atomic E-state index is 8.76. The summed E-state index contributed by atoms with van der Waals surface area (Å²) in [5.74, 6) is 0. The van der Waals surface area contributed by atoms with Crippen LogP contribution in [0, 0.1) is 11.3 Å². The number of halogens is 1. The Bertz CT molecular complexity index is 497. The van der Waals surface area contributed by atoms with Crippen molar-refractivity contribution < 1.29 is 0 Å². The molecule has 2 aromatic rings. The molecule has 0 saturated carbocycles. The molecule has 4 heteroatoms. The fourth-order valence-electron chi connectivity index (χ4n) is 1.23. The molecule has 1 aromatic heterocycles. The second kappa shape index (κ2) is 4.20. The molecular weight excluding hydrogens is 254 g/mol. The van der Waals surface area contributed by atoms with E-state index in [1.54, 1.807) is 6.07 Å². The van der Waals surface area contributed by atoms with E-state index in [4.69, 9.17) is 5.26 Å². The van der Waals surface area contributed by atoms with Gasteiger partial charge >= 0.3 is 0 Å². The van der Waals surface area contributed by atoms with Gasteiger partial charge in [-0.3, -0.25) is 10.1 Å². The van der Waals surface area contributed by atoms with Gasteiger partial charge in [0.15, 0.2) is 0 Å². The van der Waals surface area contributed by atoms with E-state index in [0.29, 0.717) is 5.56 Å². The quantitative estimate of drug-likeness (QED) is 0.903. The van der Waals surface area contributed by atoms with Crippen molar-refractivity contribution in [3.63, 3.8) is 0 Å². The topological polar surface area (TPSA) is 40.8 Å². The monoisotopic (exact) mass is 261 g/mol. The summed E-state index contributed by atoms with van der Waals surface area (Å²) in [5.41, 5.74) is 4.71. The van der Waals surface area contributed by atoms with Crippen molar-refractivity contribution in [3.8, 4) is 6.07 Å². The first-order valence-corrected chi connectivity index (χ1v) is 5.18. The van der Waals surface area contributed by atoms with Crippen molar-refractivity contribution in [2.75, 3.05) is 5.43 Å². The molecule has 0 spiro atoms. The van der Waals surface area contributed by atoms with Crippen molar-refractivity contribution in [3.05, 3.63) is 52.8 Å². The van der Waals surface area contributed by atoms with Gasteiger partial charge in [-0.2, -0.15) is 5.26 Å². The highest BCUT2D eigenvalue weighted by Crippen LogP contribution is 2.20. The van der Waals surface area contributed by atoms with Crippen molar-refractivity contribution in [2.24, 2.45) is 0 Å². The van der Waals surface area contributed by atoms with Crippen LogP contribution < -0.4 is 5.43 Å². The highest BCUT2D eigenvalue weighted by atomic mass is 79.9. The summed E-state index contributed by atoms with van der Waals surface area (Å²) in [6, 6.07) is 11.5. The predicted octanol–water partition coefficient (Wildman–Crippen LogP) is 3.00. The van der Waals surface area contributed by atoms with Crippen LogP contribution in [0.2, 0.25) is 0 Å². The highest BCUT2D eigenvalue weighted by molar-refractivity contribution is 9.10. The van der Waals surface area contributed by atoms with Crippen molar-refractivity contribution in [2.45, 2.75) is 0 Å². The molecule has 0 unspecified atom stereocenters. The average Bonchev–Trinajstić information content (AvgIpc) is 2.71. The lowest BCUT2D eigenvalue weighted by Crippen LogP contribution is -2.05. The maximum atomic E-state index is 8.76. The molecule has 0 saturated heterocycles. The smallest absolute Gasteiger partial charge is 0.100 e. The van der Waals surface area contributed by atoms with Crippen LogP contribution in [0.15, 0.2) is 47.2 Å². The Morgan fingerprint density at radius 3 is 2.60 bits per heavy atom. The van der Waals surface area contributed by atoms with Crippen LogP contribution in [-0.4, -0.2) is 4.68 Å². The first-order chi connectivity index (χ1) is 7.29. The van der Waals surface area contributed by atoms with Crippen LogP contribution in [0.25, 0.3) is 0 Å². The van der Waals surface area contributed by atoms with E-state index in [9.17, 15) is 0 Å². The summed E-state index contributed by atoms with van der Waals surface area (Å²) < 4.78 is 2.63. The van der Waals surface area contributed by atoms with E-state index in [1.165, 1.54) is 0 Å². The summed E-state index contributed by atoms with van der Waals surface area (Å²) in [5, 5.41) is 8.76. The Balaban J connectivity index is 2.24. The molecular formula is C11H8BrN3. The molecule has 0 fully saturated rings. The molecule has 1 N–H and O–H groups in total. The third-order valence-corrected chi connectivity index (χ3v) is 2.61. The van der Waals surface area contributed by atoms with E-state index < -0.39 is 0 Å². The fourth-order valence-corrected chi connectivity index (χ4v) is 1.70. The molecule has 3 nitrogen and oxygen atoms in total. The lowest BCUT2D eigenvalue weighted by molar-refractivity contribution is 0.970. The van der Waals surface area contributed by atoms with Gasteiger partial charge in [0.1, 0.15) is 6.07 Å². The van der Waals surface area contributed by atoms with E-state index >= 15 is 0 Å². The van der Waals surface area contributed by atoms with E-state index in [1.807, 2.05) is 41.3 Å². The van der Waals surface area contributed by atoms with Crippen molar-refractivity contribution in [1.29, 1.82) is 5.26 Å². The zero-order valence-electron chi connectivity index (χ0n) is 7.81. The summed E-state index contributed by atoms with van der Waals surface area (Å²) in [6.07, 6.45) is 3.82. The summed E-state index contributed by atoms with van der Waals surface area (Å²) >= 11 is 3.34. The predicted molar refractivity (Wildman–Crippen MR) is 62.3 cm³/mol. The van der Waals surface area contributed by atoms with Crippen LogP contribution in [0.4, 0.5) is 5.69 Å². The Kier molecular flexibility index (Phi) is 2.75. The number of aromatic nitrogens is 1. The molecule has 74 valence electrons. The Morgan fingerprint density at radius 1 is 1.27 bits per heavy atom. The fraction of sp³-hybridized carbons (Fsp3) is 0. The minimum absolute atomic E-state index is 0.632. The molecule has 0 aliphatic heterocycles. The van der Waals surface area contributed by atoms with Gasteiger partial charge in [-0.25, -0.2) is 0 Å². The van der Waals surface area contributed by atoms with Gasteiger partial charge in [0.05, 0.1) is 11.3 Å². The van der Waals surface area contributed by atoms with Gasteiger partial charge in [-0.05, 0) is 46.3 Å². The van der Waals surface area contributed by atoms with Crippen molar-refractivity contribution in [1.82, 2.24) is 4.68 Å².